The summed E-state index contributed by atoms with van der Waals surface area (Å²) in [6.07, 6.45) is 2.44. The van der Waals surface area contributed by atoms with Gasteiger partial charge in [0.2, 0.25) is 0 Å². The van der Waals surface area contributed by atoms with Gasteiger partial charge in [0.05, 0.1) is 11.9 Å². The number of hydrogen-bond acceptors (Lipinski definition) is 3. The molecule has 0 saturated carbocycles. The van der Waals surface area contributed by atoms with Crippen molar-refractivity contribution < 1.29 is 19.4 Å². The first-order valence-corrected chi connectivity index (χ1v) is 6.11. The molecule has 1 unspecified atom stereocenters. The molecule has 0 bridgehead atoms. The highest BCUT2D eigenvalue weighted by Crippen LogP contribution is 2.33. The Balaban J connectivity index is 3.33. The fourth-order valence-electron chi connectivity index (χ4n) is 1.51. The highest BCUT2D eigenvalue weighted by atomic mass is 79.9. The van der Waals surface area contributed by atoms with E-state index in [4.69, 9.17) is 9.84 Å². The Kier molecular flexibility index (Phi) is 5.09. The Morgan fingerprint density at radius 1 is 1.44 bits per heavy atom. The predicted octanol–water partition coefficient (Wildman–Crippen LogP) is 2.82. The van der Waals surface area contributed by atoms with Crippen LogP contribution in [0.1, 0.15) is 22.9 Å². The molecule has 0 fully saturated rings. The second-order valence-electron chi connectivity index (χ2n) is 3.61. The lowest BCUT2D eigenvalue weighted by molar-refractivity contribution is -0.131. The summed E-state index contributed by atoms with van der Waals surface area (Å²) in [5.74, 6) is -0.593. The zero-order valence-electron chi connectivity index (χ0n) is 10.0. The van der Waals surface area contributed by atoms with Gasteiger partial charge in [0, 0.05) is 11.6 Å². The summed E-state index contributed by atoms with van der Waals surface area (Å²) in [5.41, 5.74) is 1.26. The first kappa shape index (κ1) is 14.4. The molecule has 0 aliphatic heterocycles. The van der Waals surface area contributed by atoms with Crippen molar-refractivity contribution in [1.82, 2.24) is 0 Å². The molecule has 0 saturated heterocycles. The van der Waals surface area contributed by atoms with Crippen molar-refractivity contribution >= 4 is 33.8 Å². The number of aliphatic carboxylic acids is 1. The lowest BCUT2D eigenvalue weighted by Gasteiger charge is -2.13. The molecule has 1 N–H and O–H groups in total. The standard InChI is InChI=1S/C13H13BrO4/c1-8(15)13(14)10-4-3-5-11(18-2)9(10)6-7-12(16)17/h3-7,13H,1-2H3,(H,16,17). The molecule has 0 amide bonds. The third kappa shape index (κ3) is 3.43. The van der Waals surface area contributed by atoms with Crippen LogP contribution >= 0.6 is 15.9 Å². The number of carbonyl (C=O) groups excluding carboxylic acids is 1. The number of hydrogen-bond donors (Lipinski definition) is 1. The summed E-state index contributed by atoms with van der Waals surface area (Å²) >= 11 is 3.29. The molecule has 0 radical (unpaired) electrons. The molecule has 1 aromatic carbocycles. The van der Waals surface area contributed by atoms with Gasteiger partial charge in [-0.05, 0) is 24.6 Å². The molecule has 0 spiro atoms. The largest absolute Gasteiger partial charge is 0.496 e. The SMILES string of the molecule is COc1cccc(C(Br)C(C)=O)c1C=CC(=O)O. The Morgan fingerprint density at radius 2 is 2.11 bits per heavy atom. The van der Waals surface area contributed by atoms with E-state index in [1.807, 2.05) is 0 Å². The van der Waals surface area contributed by atoms with Gasteiger partial charge in [-0.15, -0.1) is 0 Å². The van der Waals surface area contributed by atoms with Crippen molar-refractivity contribution in [2.24, 2.45) is 0 Å². The highest BCUT2D eigenvalue weighted by molar-refractivity contribution is 9.09. The Morgan fingerprint density at radius 3 is 2.61 bits per heavy atom. The summed E-state index contributed by atoms with van der Waals surface area (Å²) < 4.78 is 5.17. The van der Waals surface area contributed by atoms with E-state index in [-0.39, 0.29) is 5.78 Å². The monoisotopic (exact) mass is 312 g/mol. The number of ether oxygens (including phenoxy) is 1. The number of carboxylic acid groups (broad SMARTS) is 1. The molecule has 1 rings (SSSR count). The van der Waals surface area contributed by atoms with E-state index >= 15 is 0 Å². The van der Waals surface area contributed by atoms with Crippen LogP contribution in [0.5, 0.6) is 5.75 Å². The van der Waals surface area contributed by atoms with Gasteiger partial charge in [-0.25, -0.2) is 4.79 Å². The van der Waals surface area contributed by atoms with Crippen molar-refractivity contribution in [3.05, 3.63) is 35.4 Å². The van der Waals surface area contributed by atoms with Crippen molar-refractivity contribution in [1.29, 1.82) is 0 Å². The van der Waals surface area contributed by atoms with Crippen molar-refractivity contribution in [2.45, 2.75) is 11.8 Å². The van der Waals surface area contributed by atoms with E-state index in [1.54, 1.807) is 18.2 Å². The maximum atomic E-state index is 11.4. The number of carboxylic acids is 1. The number of benzene rings is 1. The summed E-state index contributed by atoms with van der Waals surface area (Å²) in [6, 6.07) is 5.22. The minimum atomic E-state index is -1.05. The first-order chi connectivity index (χ1) is 8.47. The normalized spacial score (nSPS) is 12.4. The van der Waals surface area contributed by atoms with Crippen LogP contribution in [0.3, 0.4) is 0 Å². The number of alkyl halides is 1. The van der Waals surface area contributed by atoms with Crippen LogP contribution < -0.4 is 4.74 Å². The van der Waals surface area contributed by atoms with Crippen LogP contribution in [-0.2, 0) is 9.59 Å². The van der Waals surface area contributed by atoms with Gasteiger partial charge in [-0.1, -0.05) is 28.1 Å². The molecule has 0 aliphatic rings. The molecule has 1 atom stereocenters. The predicted molar refractivity (Wildman–Crippen MR) is 72.0 cm³/mol. The van der Waals surface area contributed by atoms with Crippen molar-refractivity contribution in [2.75, 3.05) is 7.11 Å². The minimum absolute atomic E-state index is 0.0618. The average molecular weight is 313 g/mol. The quantitative estimate of drug-likeness (QED) is 0.670. The van der Waals surface area contributed by atoms with Gasteiger partial charge < -0.3 is 9.84 Å². The van der Waals surface area contributed by atoms with E-state index in [1.165, 1.54) is 20.1 Å². The average Bonchev–Trinajstić information content (AvgIpc) is 2.34. The lowest BCUT2D eigenvalue weighted by atomic mass is 10.0. The van der Waals surface area contributed by atoms with Crippen molar-refractivity contribution in [3.63, 3.8) is 0 Å². The Hall–Kier alpha value is -1.62. The maximum absolute atomic E-state index is 11.4. The summed E-state index contributed by atoms with van der Waals surface area (Å²) in [7, 11) is 1.49. The van der Waals surface area contributed by atoms with E-state index in [2.05, 4.69) is 15.9 Å². The molecule has 0 aliphatic carbocycles. The molecule has 4 nitrogen and oxygen atoms in total. The summed E-state index contributed by atoms with van der Waals surface area (Å²) in [5, 5.41) is 8.67. The number of rotatable bonds is 5. The molecule has 0 heterocycles. The number of methoxy groups -OCH3 is 1. The molecule has 1 aromatic rings. The van der Waals surface area contributed by atoms with E-state index in [0.29, 0.717) is 16.9 Å². The van der Waals surface area contributed by atoms with E-state index < -0.39 is 10.8 Å². The number of halogens is 1. The molecule has 5 heteroatoms. The van der Waals surface area contributed by atoms with Gasteiger partial charge in [-0.3, -0.25) is 4.79 Å². The Labute approximate surface area is 113 Å². The van der Waals surface area contributed by atoms with Crippen LogP contribution in [0.15, 0.2) is 24.3 Å². The van der Waals surface area contributed by atoms with Crippen LogP contribution in [0, 0.1) is 0 Å². The second kappa shape index (κ2) is 6.35. The second-order valence-corrected chi connectivity index (χ2v) is 4.52. The number of carbonyl (C=O) groups is 2. The van der Waals surface area contributed by atoms with Gasteiger partial charge in [0.1, 0.15) is 11.5 Å². The fraction of sp³-hybridized carbons (Fsp3) is 0.231. The van der Waals surface area contributed by atoms with Gasteiger partial charge in [0.15, 0.2) is 0 Å². The zero-order valence-corrected chi connectivity index (χ0v) is 11.6. The van der Waals surface area contributed by atoms with Crippen LogP contribution in [0.25, 0.3) is 6.08 Å². The van der Waals surface area contributed by atoms with Crippen LogP contribution in [-0.4, -0.2) is 24.0 Å². The topological polar surface area (TPSA) is 63.6 Å². The third-order valence-electron chi connectivity index (χ3n) is 2.34. The summed E-state index contributed by atoms with van der Waals surface area (Å²) in [4.78, 5) is 21.5. The molecule has 96 valence electrons. The number of Topliss-reactive ketones (excluding diaryl/α,β-unsaturated/α-hetero) is 1. The smallest absolute Gasteiger partial charge is 0.328 e. The van der Waals surface area contributed by atoms with Gasteiger partial charge in [0.25, 0.3) is 0 Å². The molecular weight excluding hydrogens is 300 g/mol. The van der Waals surface area contributed by atoms with E-state index in [9.17, 15) is 9.59 Å². The Bertz CT molecular complexity index is 494. The first-order valence-electron chi connectivity index (χ1n) is 5.19. The van der Waals surface area contributed by atoms with Crippen LogP contribution in [0.4, 0.5) is 0 Å². The zero-order chi connectivity index (χ0) is 13.7. The van der Waals surface area contributed by atoms with E-state index in [0.717, 1.165) is 6.08 Å². The van der Waals surface area contributed by atoms with Gasteiger partial charge in [-0.2, -0.15) is 0 Å². The molecule has 18 heavy (non-hydrogen) atoms. The van der Waals surface area contributed by atoms with Crippen molar-refractivity contribution in [3.8, 4) is 5.75 Å². The molecular formula is C13H13BrO4. The number of ketones is 1. The fourth-order valence-corrected chi connectivity index (χ4v) is 1.91. The van der Waals surface area contributed by atoms with Crippen LogP contribution in [0.2, 0.25) is 0 Å². The maximum Gasteiger partial charge on any atom is 0.328 e. The summed E-state index contributed by atoms with van der Waals surface area (Å²) in [6.45, 7) is 1.46. The minimum Gasteiger partial charge on any atom is -0.496 e. The van der Waals surface area contributed by atoms with Gasteiger partial charge >= 0.3 is 5.97 Å². The highest BCUT2D eigenvalue weighted by Gasteiger charge is 2.18. The molecule has 0 aromatic heterocycles. The third-order valence-corrected chi connectivity index (χ3v) is 3.48. The lowest BCUT2D eigenvalue weighted by Crippen LogP contribution is -2.04.